The predicted octanol–water partition coefficient (Wildman–Crippen LogP) is 4.65. The van der Waals surface area contributed by atoms with Crippen molar-refractivity contribution in [3.05, 3.63) is 51.2 Å². The number of nitrogens with zero attached hydrogens (tertiary/aromatic N) is 2. The molecule has 1 aromatic heterocycles. The Morgan fingerprint density at radius 1 is 1.05 bits per heavy atom. The zero-order valence-corrected chi connectivity index (χ0v) is 13.7. The van der Waals surface area contributed by atoms with Gasteiger partial charge in [-0.15, -0.1) is 0 Å². The first kappa shape index (κ1) is 14.2. The zero-order valence-electron chi connectivity index (χ0n) is 10.5. The molecule has 7 heteroatoms. The Kier molecular flexibility index (Phi) is 3.77. The molecule has 0 aliphatic heterocycles. The maximum atomic E-state index is 13.3. The van der Waals surface area contributed by atoms with Crippen LogP contribution in [0.3, 0.4) is 0 Å². The van der Waals surface area contributed by atoms with Crippen molar-refractivity contribution in [3.63, 3.8) is 0 Å². The highest BCUT2D eigenvalue weighted by atomic mass is 79.9. The number of hydrogen-bond acceptors (Lipinski definition) is 4. The molecular formula is C14H8Br2FN3O. The highest BCUT2D eigenvalue weighted by Crippen LogP contribution is 2.31. The first-order chi connectivity index (χ1) is 10.0. The molecule has 0 unspecified atom stereocenters. The van der Waals surface area contributed by atoms with Crippen molar-refractivity contribution in [2.24, 2.45) is 0 Å². The van der Waals surface area contributed by atoms with Crippen molar-refractivity contribution in [3.8, 4) is 22.8 Å². The van der Waals surface area contributed by atoms with Crippen LogP contribution in [0.15, 0.2) is 49.9 Å². The van der Waals surface area contributed by atoms with E-state index in [1.807, 2.05) is 6.07 Å². The summed E-state index contributed by atoms with van der Waals surface area (Å²) in [5.41, 5.74) is 7.71. The molecule has 0 radical (unpaired) electrons. The Bertz CT molecular complexity index is 820. The molecule has 2 N–H and O–H groups in total. The average Bonchev–Trinajstić information content (AvgIpc) is 2.94. The lowest BCUT2D eigenvalue weighted by molar-refractivity contribution is 0.432. The van der Waals surface area contributed by atoms with E-state index in [9.17, 15) is 4.39 Å². The standard InChI is InChI=1S/C14H8Br2FN3O/c15-10-3-2-8(18)6-9(10)14-19-13(20-21-14)7-1-4-12(17)11(16)5-7/h1-6H,18H2. The van der Waals surface area contributed by atoms with Gasteiger partial charge in [-0.05, 0) is 68.3 Å². The lowest BCUT2D eigenvalue weighted by atomic mass is 10.2. The number of rotatable bonds is 2. The van der Waals surface area contributed by atoms with Crippen LogP contribution >= 0.6 is 31.9 Å². The van der Waals surface area contributed by atoms with E-state index in [4.69, 9.17) is 10.3 Å². The molecule has 0 bridgehead atoms. The predicted molar refractivity (Wildman–Crippen MR) is 84.9 cm³/mol. The third-order valence-corrected chi connectivity index (χ3v) is 4.12. The summed E-state index contributed by atoms with van der Waals surface area (Å²) in [5.74, 6) is 0.366. The van der Waals surface area contributed by atoms with Gasteiger partial charge in [-0.1, -0.05) is 5.16 Å². The monoisotopic (exact) mass is 411 g/mol. The molecule has 3 aromatic rings. The van der Waals surface area contributed by atoms with Crippen LogP contribution in [0.4, 0.5) is 10.1 Å². The number of hydrogen-bond donors (Lipinski definition) is 1. The Hall–Kier alpha value is -1.73. The van der Waals surface area contributed by atoms with E-state index in [0.717, 1.165) is 4.47 Å². The Morgan fingerprint density at radius 3 is 2.62 bits per heavy atom. The van der Waals surface area contributed by atoms with Gasteiger partial charge < -0.3 is 10.3 Å². The summed E-state index contributed by atoms with van der Waals surface area (Å²) in [6.07, 6.45) is 0. The van der Waals surface area contributed by atoms with Gasteiger partial charge in [0.15, 0.2) is 0 Å². The smallest absolute Gasteiger partial charge is 0.259 e. The SMILES string of the molecule is Nc1ccc(Br)c(-c2nc(-c3ccc(F)c(Br)c3)no2)c1. The summed E-state index contributed by atoms with van der Waals surface area (Å²) in [6.45, 7) is 0. The highest BCUT2D eigenvalue weighted by molar-refractivity contribution is 9.10. The molecule has 4 nitrogen and oxygen atoms in total. The van der Waals surface area contributed by atoms with Gasteiger partial charge in [0.05, 0.1) is 10.0 Å². The Morgan fingerprint density at radius 2 is 1.86 bits per heavy atom. The summed E-state index contributed by atoms with van der Waals surface area (Å²) in [6, 6.07) is 9.83. The normalized spacial score (nSPS) is 10.8. The fourth-order valence-electron chi connectivity index (χ4n) is 1.79. The van der Waals surface area contributed by atoms with Gasteiger partial charge in [0.25, 0.3) is 5.89 Å². The Labute approximate surface area is 136 Å². The number of benzene rings is 2. The second kappa shape index (κ2) is 5.57. The van der Waals surface area contributed by atoms with Crippen LogP contribution < -0.4 is 5.73 Å². The minimum atomic E-state index is -0.346. The van der Waals surface area contributed by atoms with E-state index in [1.54, 1.807) is 24.3 Å². The third kappa shape index (κ3) is 2.84. The number of anilines is 1. The van der Waals surface area contributed by atoms with E-state index in [0.29, 0.717) is 33.0 Å². The molecule has 1 heterocycles. The van der Waals surface area contributed by atoms with Crippen molar-refractivity contribution < 1.29 is 8.91 Å². The third-order valence-electron chi connectivity index (χ3n) is 2.82. The second-order valence-electron chi connectivity index (χ2n) is 4.29. The minimum Gasteiger partial charge on any atom is -0.399 e. The largest absolute Gasteiger partial charge is 0.399 e. The maximum Gasteiger partial charge on any atom is 0.259 e. The fourth-order valence-corrected chi connectivity index (χ4v) is 2.59. The fraction of sp³-hybridized carbons (Fsp3) is 0. The van der Waals surface area contributed by atoms with E-state index < -0.39 is 0 Å². The van der Waals surface area contributed by atoms with Crippen molar-refractivity contribution >= 4 is 37.5 Å². The number of nitrogens with two attached hydrogens (primary N) is 1. The van der Waals surface area contributed by atoms with E-state index in [-0.39, 0.29) is 5.82 Å². The molecule has 0 fully saturated rings. The van der Waals surface area contributed by atoms with Crippen molar-refractivity contribution in [2.75, 3.05) is 5.73 Å². The minimum absolute atomic E-state index is 0.338. The summed E-state index contributed by atoms with van der Waals surface area (Å²) in [7, 11) is 0. The topological polar surface area (TPSA) is 64.9 Å². The number of halogens is 3. The Balaban J connectivity index is 2.03. The number of aromatic nitrogens is 2. The molecule has 0 spiro atoms. The van der Waals surface area contributed by atoms with E-state index >= 15 is 0 Å². The molecular weight excluding hydrogens is 405 g/mol. The van der Waals surface area contributed by atoms with Gasteiger partial charge in [0.1, 0.15) is 5.82 Å². The van der Waals surface area contributed by atoms with Gasteiger partial charge in [0.2, 0.25) is 5.82 Å². The van der Waals surface area contributed by atoms with Crippen LogP contribution in [0.25, 0.3) is 22.8 Å². The molecule has 106 valence electrons. The molecule has 21 heavy (non-hydrogen) atoms. The van der Waals surface area contributed by atoms with Crippen molar-refractivity contribution in [1.29, 1.82) is 0 Å². The van der Waals surface area contributed by atoms with Gasteiger partial charge in [0, 0.05) is 15.7 Å². The molecule has 0 amide bonds. The summed E-state index contributed by atoms with van der Waals surface area (Å²) >= 11 is 6.54. The van der Waals surface area contributed by atoms with Crippen molar-refractivity contribution in [1.82, 2.24) is 10.1 Å². The van der Waals surface area contributed by atoms with Gasteiger partial charge in [-0.3, -0.25) is 0 Å². The van der Waals surface area contributed by atoms with E-state index in [2.05, 4.69) is 42.0 Å². The second-order valence-corrected chi connectivity index (χ2v) is 6.00. The summed E-state index contributed by atoms with van der Waals surface area (Å²) in [4.78, 5) is 4.32. The summed E-state index contributed by atoms with van der Waals surface area (Å²) < 4.78 is 19.6. The highest BCUT2D eigenvalue weighted by Gasteiger charge is 2.14. The van der Waals surface area contributed by atoms with Gasteiger partial charge in [-0.2, -0.15) is 4.98 Å². The van der Waals surface area contributed by atoms with Crippen LogP contribution in [-0.4, -0.2) is 10.1 Å². The lowest BCUT2D eigenvalue weighted by Crippen LogP contribution is -1.87. The molecule has 0 aliphatic rings. The van der Waals surface area contributed by atoms with Crippen LogP contribution in [-0.2, 0) is 0 Å². The first-order valence-electron chi connectivity index (χ1n) is 5.89. The van der Waals surface area contributed by atoms with Crippen LogP contribution in [0.1, 0.15) is 0 Å². The lowest BCUT2D eigenvalue weighted by Gasteiger charge is -2.00. The molecule has 2 aromatic carbocycles. The van der Waals surface area contributed by atoms with Gasteiger partial charge in [-0.25, -0.2) is 4.39 Å². The van der Waals surface area contributed by atoms with Crippen LogP contribution in [0.5, 0.6) is 0 Å². The van der Waals surface area contributed by atoms with Crippen LogP contribution in [0.2, 0.25) is 0 Å². The first-order valence-corrected chi connectivity index (χ1v) is 7.48. The molecule has 0 saturated heterocycles. The average molecular weight is 413 g/mol. The van der Waals surface area contributed by atoms with Gasteiger partial charge >= 0.3 is 0 Å². The zero-order chi connectivity index (χ0) is 15.0. The maximum absolute atomic E-state index is 13.3. The molecule has 0 aliphatic carbocycles. The molecule has 0 saturated carbocycles. The summed E-state index contributed by atoms with van der Waals surface area (Å²) in [5, 5.41) is 3.91. The van der Waals surface area contributed by atoms with Crippen molar-refractivity contribution in [2.45, 2.75) is 0 Å². The van der Waals surface area contributed by atoms with E-state index in [1.165, 1.54) is 6.07 Å². The number of nitrogen functional groups attached to an aromatic ring is 1. The molecule has 0 atom stereocenters. The quantitative estimate of drug-likeness (QED) is 0.622. The molecule has 3 rings (SSSR count). The van der Waals surface area contributed by atoms with Crippen LogP contribution in [0, 0.1) is 5.82 Å².